The number of methoxy groups -OCH3 is 2. The third-order valence-corrected chi connectivity index (χ3v) is 6.00. The van der Waals surface area contributed by atoms with Gasteiger partial charge in [-0.05, 0) is 24.1 Å². The Morgan fingerprint density at radius 2 is 1.76 bits per heavy atom. The van der Waals surface area contributed by atoms with Gasteiger partial charge in [0.25, 0.3) is 0 Å². The maximum Gasteiger partial charge on any atom is 0.214 e. The van der Waals surface area contributed by atoms with Gasteiger partial charge in [0.05, 0.1) is 38.3 Å². The van der Waals surface area contributed by atoms with Crippen molar-refractivity contribution >= 4 is 5.90 Å². The summed E-state index contributed by atoms with van der Waals surface area (Å²) in [5, 5.41) is 39.1. The molecule has 0 spiro atoms. The number of nitrogens with one attached hydrogen (secondary N) is 1. The first-order valence-corrected chi connectivity index (χ1v) is 9.25. The van der Waals surface area contributed by atoms with Gasteiger partial charge in [-0.2, -0.15) is 15.8 Å². The van der Waals surface area contributed by atoms with Crippen LogP contribution in [0, 0.1) is 56.2 Å². The molecule has 4 atom stereocenters. The monoisotopic (exact) mass is 394 g/mol. The molecule has 2 aliphatic heterocycles. The van der Waals surface area contributed by atoms with E-state index >= 15 is 0 Å². The zero-order valence-electron chi connectivity index (χ0n) is 16.8. The molecule has 2 saturated heterocycles. The molecule has 0 aromatic heterocycles. The van der Waals surface area contributed by atoms with E-state index in [9.17, 15) is 15.8 Å². The largest absolute Gasteiger partial charge is 0.493 e. The van der Waals surface area contributed by atoms with Crippen molar-refractivity contribution in [2.45, 2.75) is 38.6 Å². The average Bonchev–Trinajstić information content (AvgIpc) is 2.90. The van der Waals surface area contributed by atoms with Gasteiger partial charge in [-0.25, -0.2) is 0 Å². The van der Waals surface area contributed by atoms with Gasteiger partial charge in [0.2, 0.25) is 17.1 Å². The van der Waals surface area contributed by atoms with Crippen molar-refractivity contribution in [1.82, 2.24) is 0 Å². The summed E-state index contributed by atoms with van der Waals surface area (Å²) in [5.41, 5.74) is -3.27. The maximum absolute atomic E-state index is 10.2. The molecule has 1 N–H and O–H groups in total. The zero-order valence-corrected chi connectivity index (χ0v) is 16.8. The number of hydrogen-bond acceptors (Lipinski definition) is 8. The van der Waals surface area contributed by atoms with Crippen LogP contribution in [0.2, 0.25) is 0 Å². The van der Waals surface area contributed by atoms with Gasteiger partial charge < -0.3 is 18.9 Å². The highest BCUT2D eigenvalue weighted by Crippen LogP contribution is 2.67. The first-order valence-electron chi connectivity index (χ1n) is 9.25. The van der Waals surface area contributed by atoms with Gasteiger partial charge in [-0.3, -0.25) is 5.41 Å². The number of fused-ring (bicyclic) bond motifs is 2. The Kier molecular flexibility index (Phi) is 4.91. The summed E-state index contributed by atoms with van der Waals surface area (Å²) in [4.78, 5) is 0. The molecule has 3 rings (SSSR count). The van der Waals surface area contributed by atoms with Crippen LogP contribution >= 0.6 is 0 Å². The van der Waals surface area contributed by atoms with Crippen LogP contribution in [-0.2, 0) is 9.47 Å². The van der Waals surface area contributed by atoms with E-state index in [0.29, 0.717) is 29.9 Å². The summed E-state index contributed by atoms with van der Waals surface area (Å²) in [6, 6.07) is 11.1. The van der Waals surface area contributed by atoms with Gasteiger partial charge in [-0.1, -0.05) is 19.4 Å². The van der Waals surface area contributed by atoms with Crippen molar-refractivity contribution < 1.29 is 18.9 Å². The van der Waals surface area contributed by atoms with Crippen LogP contribution in [0.5, 0.6) is 11.5 Å². The van der Waals surface area contributed by atoms with Gasteiger partial charge in [0.15, 0.2) is 16.9 Å². The quantitative estimate of drug-likeness (QED) is 0.808. The Bertz CT molecular complexity index is 958. The Hall–Kier alpha value is -3.28. The van der Waals surface area contributed by atoms with Crippen LogP contribution in [-0.4, -0.2) is 25.9 Å². The molecule has 150 valence electrons. The molecule has 2 aliphatic rings. The predicted molar refractivity (Wildman–Crippen MR) is 101 cm³/mol. The fourth-order valence-corrected chi connectivity index (χ4v) is 4.63. The van der Waals surface area contributed by atoms with E-state index in [1.54, 1.807) is 25.1 Å². The summed E-state index contributed by atoms with van der Waals surface area (Å²) >= 11 is 0. The molecule has 2 fully saturated rings. The van der Waals surface area contributed by atoms with E-state index < -0.39 is 34.5 Å². The van der Waals surface area contributed by atoms with Gasteiger partial charge in [0.1, 0.15) is 6.10 Å². The molecule has 2 bridgehead atoms. The van der Waals surface area contributed by atoms with Crippen LogP contribution in [0.3, 0.4) is 0 Å². The van der Waals surface area contributed by atoms with Gasteiger partial charge in [-0.15, -0.1) is 0 Å². The van der Waals surface area contributed by atoms with E-state index in [-0.39, 0.29) is 0 Å². The molecule has 2 heterocycles. The lowest BCUT2D eigenvalue weighted by atomic mass is 9.53. The topological polar surface area (TPSA) is 132 Å². The van der Waals surface area contributed by atoms with Crippen molar-refractivity contribution in [3.05, 3.63) is 23.8 Å². The van der Waals surface area contributed by atoms with E-state index in [4.69, 9.17) is 24.4 Å². The summed E-state index contributed by atoms with van der Waals surface area (Å²) < 4.78 is 22.6. The normalized spacial score (nSPS) is 31.7. The first-order chi connectivity index (χ1) is 13.8. The SMILES string of the molecule is CCCC1C2(C)OC(=N)C1(C#N)C(C#N)(C#N)C(c1ccc(OC)c(OC)c1)O2. The highest BCUT2D eigenvalue weighted by molar-refractivity contribution is 5.89. The summed E-state index contributed by atoms with van der Waals surface area (Å²) in [6.45, 7) is 3.59. The van der Waals surface area contributed by atoms with Crippen molar-refractivity contribution in [3.63, 3.8) is 0 Å². The molecule has 1 aromatic rings. The van der Waals surface area contributed by atoms with Crippen LogP contribution in [0.1, 0.15) is 38.4 Å². The molecular formula is C21H22N4O4. The maximum atomic E-state index is 10.2. The lowest BCUT2D eigenvalue weighted by molar-refractivity contribution is -0.274. The zero-order chi connectivity index (χ0) is 21.4. The van der Waals surface area contributed by atoms with E-state index in [1.807, 2.05) is 19.1 Å². The molecule has 1 aromatic carbocycles. The van der Waals surface area contributed by atoms with Crippen LogP contribution < -0.4 is 9.47 Å². The second kappa shape index (κ2) is 6.95. The molecule has 8 heteroatoms. The number of nitriles is 3. The molecular weight excluding hydrogens is 372 g/mol. The van der Waals surface area contributed by atoms with E-state index in [2.05, 4.69) is 6.07 Å². The van der Waals surface area contributed by atoms with E-state index in [0.717, 1.165) is 0 Å². The van der Waals surface area contributed by atoms with Gasteiger partial charge >= 0.3 is 0 Å². The lowest BCUT2D eigenvalue weighted by Crippen LogP contribution is -2.58. The second-order valence-electron chi connectivity index (χ2n) is 7.35. The molecule has 29 heavy (non-hydrogen) atoms. The lowest BCUT2D eigenvalue weighted by Gasteiger charge is -2.48. The number of ether oxygens (including phenoxy) is 4. The van der Waals surface area contributed by atoms with Crippen molar-refractivity contribution in [2.24, 2.45) is 16.7 Å². The predicted octanol–water partition coefficient (Wildman–Crippen LogP) is 3.46. The smallest absolute Gasteiger partial charge is 0.214 e. The Labute approximate surface area is 169 Å². The van der Waals surface area contributed by atoms with Crippen LogP contribution in [0.15, 0.2) is 18.2 Å². The average molecular weight is 394 g/mol. The minimum atomic E-state index is -1.98. The minimum Gasteiger partial charge on any atom is -0.493 e. The second-order valence-corrected chi connectivity index (χ2v) is 7.35. The third kappa shape index (κ3) is 2.41. The van der Waals surface area contributed by atoms with Crippen LogP contribution in [0.4, 0.5) is 0 Å². The molecule has 8 nitrogen and oxygen atoms in total. The van der Waals surface area contributed by atoms with Crippen molar-refractivity contribution in [3.8, 4) is 29.7 Å². The number of hydrogen-bond donors (Lipinski definition) is 1. The number of benzene rings is 1. The number of nitrogens with zero attached hydrogens (tertiary/aromatic N) is 3. The van der Waals surface area contributed by atoms with Crippen LogP contribution in [0.25, 0.3) is 0 Å². The Morgan fingerprint density at radius 1 is 1.10 bits per heavy atom. The minimum absolute atomic E-state index is 0.396. The van der Waals surface area contributed by atoms with Crippen molar-refractivity contribution in [2.75, 3.05) is 14.2 Å². The van der Waals surface area contributed by atoms with E-state index in [1.165, 1.54) is 14.2 Å². The summed E-state index contributed by atoms with van der Waals surface area (Å²) in [5.74, 6) is -1.46. The van der Waals surface area contributed by atoms with Crippen molar-refractivity contribution in [1.29, 1.82) is 21.2 Å². The highest BCUT2D eigenvalue weighted by Gasteiger charge is 2.79. The number of rotatable bonds is 5. The van der Waals surface area contributed by atoms with Gasteiger partial charge in [0, 0.05) is 6.92 Å². The highest BCUT2D eigenvalue weighted by atomic mass is 16.7. The Balaban J connectivity index is 2.29. The molecule has 4 unspecified atom stereocenters. The summed E-state index contributed by atoms with van der Waals surface area (Å²) in [7, 11) is 2.98. The standard InChI is InChI=1S/C21H22N4O4/c1-5-6-16-19(2)28-17(13-7-8-14(26-3)15(9-13)27-4)20(10-22,11-23)21(16,12-24)18(25)29-19/h7-9,16-17,25H,5-6H2,1-4H3. The third-order valence-electron chi connectivity index (χ3n) is 6.00. The molecule has 0 aliphatic carbocycles. The fraction of sp³-hybridized carbons (Fsp3) is 0.524. The molecule has 0 amide bonds. The summed E-state index contributed by atoms with van der Waals surface area (Å²) in [6.07, 6.45) is 0.0197. The Morgan fingerprint density at radius 3 is 2.28 bits per heavy atom. The molecule has 0 radical (unpaired) electrons. The fourth-order valence-electron chi connectivity index (χ4n) is 4.63. The first kappa shape index (κ1) is 20.5. The molecule has 0 saturated carbocycles.